The average Bonchev–Trinajstić information content (AvgIpc) is 2.50. The van der Waals surface area contributed by atoms with Crippen molar-refractivity contribution < 1.29 is 4.79 Å². The summed E-state index contributed by atoms with van der Waals surface area (Å²) in [5, 5.41) is 3.10. The molecule has 1 amide bonds. The van der Waals surface area contributed by atoms with E-state index in [-0.39, 0.29) is 17.4 Å². The Bertz CT molecular complexity index is 708. The Morgan fingerprint density at radius 3 is 2.17 bits per heavy atom. The standard InChI is InChI=1S/C22H29NO/c1-15-7-8-18(13-16(15)2)14-21(24)23-17(3)19-9-11-20(12-10-19)22(4,5)6/h7-13,17H,14H2,1-6H3,(H,23,24)/t17-/m1/s1. The van der Waals surface area contributed by atoms with Crippen molar-refractivity contribution in [1.29, 1.82) is 0 Å². The van der Waals surface area contributed by atoms with Gasteiger partial charge in [-0.05, 0) is 54.0 Å². The van der Waals surface area contributed by atoms with Crippen molar-refractivity contribution >= 4 is 5.91 Å². The highest BCUT2D eigenvalue weighted by atomic mass is 16.1. The second-order valence-corrected chi connectivity index (χ2v) is 7.76. The van der Waals surface area contributed by atoms with Crippen LogP contribution in [0.25, 0.3) is 0 Å². The third-order valence-corrected chi connectivity index (χ3v) is 4.59. The number of amides is 1. The van der Waals surface area contributed by atoms with Crippen molar-refractivity contribution in [2.24, 2.45) is 0 Å². The molecule has 2 rings (SSSR count). The Morgan fingerprint density at radius 1 is 1.00 bits per heavy atom. The fraction of sp³-hybridized carbons (Fsp3) is 0.409. The number of benzene rings is 2. The molecule has 1 atom stereocenters. The molecule has 0 aliphatic carbocycles. The number of aryl methyl sites for hydroxylation is 2. The molecule has 0 spiro atoms. The number of hydrogen-bond acceptors (Lipinski definition) is 1. The summed E-state index contributed by atoms with van der Waals surface area (Å²) in [6, 6.07) is 14.7. The molecule has 0 radical (unpaired) electrons. The van der Waals surface area contributed by atoms with E-state index in [0.29, 0.717) is 6.42 Å². The van der Waals surface area contributed by atoms with E-state index < -0.39 is 0 Å². The molecule has 0 saturated heterocycles. The van der Waals surface area contributed by atoms with Gasteiger partial charge in [-0.1, -0.05) is 63.2 Å². The van der Waals surface area contributed by atoms with Crippen LogP contribution < -0.4 is 5.32 Å². The average molecular weight is 323 g/mol. The minimum Gasteiger partial charge on any atom is -0.349 e. The first-order valence-electron chi connectivity index (χ1n) is 8.63. The van der Waals surface area contributed by atoms with Gasteiger partial charge in [0.15, 0.2) is 0 Å². The molecule has 0 bridgehead atoms. The predicted octanol–water partition coefficient (Wildman–Crippen LogP) is 5.02. The van der Waals surface area contributed by atoms with Gasteiger partial charge in [0.2, 0.25) is 5.91 Å². The Labute approximate surface area is 146 Å². The van der Waals surface area contributed by atoms with Crippen molar-refractivity contribution in [2.45, 2.75) is 59.4 Å². The summed E-state index contributed by atoms with van der Waals surface area (Å²) in [5.74, 6) is 0.0608. The SMILES string of the molecule is Cc1ccc(CC(=O)N[C@H](C)c2ccc(C(C)(C)C)cc2)cc1C. The molecule has 2 heteroatoms. The molecule has 128 valence electrons. The molecule has 0 aliphatic rings. The number of hydrogen-bond donors (Lipinski definition) is 1. The summed E-state index contributed by atoms with van der Waals surface area (Å²) >= 11 is 0. The highest BCUT2D eigenvalue weighted by Crippen LogP contribution is 2.24. The highest BCUT2D eigenvalue weighted by molar-refractivity contribution is 5.79. The summed E-state index contributed by atoms with van der Waals surface area (Å²) < 4.78 is 0. The Kier molecular flexibility index (Phi) is 5.48. The van der Waals surface area contributed by atoms with Crippen LogP contribution in [0.2, 0.25) is 0 Å². The molecule has 1 N–H and O–H groups in total. The van der Waals surface area contributed by atoms with E-state index in [2.05, 4.69) is 76.3 Å². The van der Waals surface area contributed by atoms with Gasteiger partial charge in [0.1, 0.15) is 0 Å². The van der Waals surface area contributed by atoms with Gasteiger partial charge in [-0.2, -0.15) is 0 Å². The van der Waals surface area contributed by atoms with Gasteiger partial charge in [-0.15, -0.1) is 0 Å². The first kappa shape index (κ1) is 18.3. The van der Waals surface area contributed by atoms with Crippen LogP contribution in [0, 0.1) is 13.8 Å². The van der Waals surface area contributed by atoms with Crippen molar-refractivity contribution in [2.75, 3.05) is 0 Å². The molecule has 24 heavy (non-hydrogen) atoms. The third-order valence-electron chi connectivity index (χ3n) is 4.59. The van der Waals surface area contributed by atoms with Crippen molar-refractivity contribution in [3.05, 3.63) is 70.3 Å². The molecular formula is C22H29NO. The van der Waals surface area contributed by atoms with Crippen LogP contribution >= 0.6 is 0 Å². The highest BCUT2D eigenvalue weighted by Gasteiger charge is 2.15. The minimum atomic E-state index is 0.0121. The van der Waals surface area contributed by atoms with Crippen molar-refractivity contribution in [3.8, 4) is 0 Å². The first-order valence-corrected chi connectivity index (χ1v) is 8.63. The minimum absolute atomic E-state index is 0.0121. The van der Waals surface area contributed by atoms with Gasteiger partial charge in [0.05, 0.1) is 12.5 Å². The van der Waals surface area contributed by atoms with Gasteiger partial charge in [0, 0.05) is 0 Å². The number of rotatable bonds is 4. The quantitative estimate of drug-likeness (QED) is 0.841. The van der Waals surface area contributed by atoms with Crippen molar-refractivity contribution in [3.63, 3.8) is 0 Å². The zero-order valence-electron chi connectivity index (χ0n) is 15.7. The summed E-state index contributed by atoms with van der Waals surface area (Å²) in [6.07, 6.45) is 0.422. The summed E-state index contributed by atoms with van der Waals surface area (Å²) in [6.45, 7) is 12.8. The van der Waals surface area contributed by atoms with Crippen LogP contribution in [0.3, 0.4) is 0 Å². The van der Waals surface area contributed by atoms with Crippen molar-refractivity contribution in [1.82, 2.24) is 5.32 Å². The molecule has 0 aromatic heterocycles. The maximum Gasteiger partial charge on any atom is 0.224 e. The Balaban J connectivity index is 1.99. The van der Waals surface area contributed by atoms with Crippen LogP contribution in [-0.2, 0) is 16.6 Å². The van der Waals surface area contributed by atoms with E-state index in [9.17, 15) is 4.79 Å². The molecule has 2 aromatic rings. The lowest BCUT2D eigenvalue weighted by Gasteiger charge is -2.21. The van der Waals surface area contributed by atoms with E-state index in [1.54, 1.807) is 0 Å². The molecule has 0 saturated carbocycles. The largest absolute Gasteiger partial charge is 0.349 e. The van der Waals surface area contributed by atoms with E-state index in [1.165, 1.54) is 16.7 Å². The number of carbonyl (C=O) groups is 1. The lowest BCUT2D eigenvalue weighted by molar-refractivity contribution is -0.121. The lowest BCUT2D eigenvalue weighted by atomic mass is 9.86. The molecular weight excluding hydrogens is 294 g/mol. The molecule has 2 aromatic carbocycles. The fourth-order valence-corrected chi connectivity index (χ4v) is 2.75. The van der Waals surface area contributed by atoms with Gasteiger partial charge >= 0.3 is 0 Å². The van der Waals surface area contributed by atoms with E-state index in [0.717, 1.165) is 11.1 Å². The molecule has 0 aliphatic heterocycles. The molecule has 0 fully saturated rings. The van der Waals surface area contributed by atoms with E-state index >= 15 is 0 Å². The van der Waals surface area contributed by atoms with Crippen LogP contribution in [0.1, 0.15) is 61.6 Å². The molecule has 0 unspecified atom stereocenters. The summed E-state index contributed by atoms with van der Waals surface area (Å²) in [4.78, 5) is 12.3. The number of carbonyl (C=O) groups excluding carboxylic acids is 1. The fourth-order valence-electron chi connectivity index (χ4n) is 2.75. The van der Waals surface area contributed by atoms with E-state index in [4.69, 9.17) is 0 Å². The second kappa shape index (κ2) is 7.21. The van der Waals surface area contributed by atoms with Gasteiger partial charge in [0.25, 0.3) is 0 Å². The molecule has 2 nitrogen and oxygen atoms in total. The predicted molar refractivity (Wildman–Crippen MR) is 101 cm³/mol. The summed E-state index contributed by atoms with van der Waals surface area (Å²) in [5.41, 5.74) is 6.13. The molecule has 0 heterocycles. The maximum atomic E-state index is 12.3. The van der Waals surface area contributed by atoms with E-state index in [1.807, 2.05) is 13.0 Å². The third kappa shape index (κ3) is 4.70. The zero-order valence-corrected chi connectivity index (χ0v) is 15.7. The zero-order chi connectivity index (χ0) is 17.9. The van der Waals surface area contributed by atoms with Crippen LogP contribution in [-0.4, -0.2) is 5.91 Å². The maximum absolute atomic E-state index is 12.3. The van der Waals surface area contributed by atoms with Gasteiger partial charge in [-0.25, -0.2) is 0 Å². The second-order valence-electron chi connectivity index (χ2n) is 7.76. The first-order chi connectivity index (χ1) is 11.2. The topological polar surface area (TPSA) is 29.1 Å². The Morgan fingerprint density at radius 2 is 1.62 bits per heavy atom. The Hall–Kier alpha value is -2.09. The lowest BCUT2D eigenvalue weighted by Crippen LogP contribution is -2.28. The smallest absolute Gasteiger partial charge is 0.224 e. The van der Waals surface area contributed by atoms with Gasteiger partial charge < -0.3 is 5.32 Å². The van der Waals surface area contributed by atoms with Crippen LogP contribution in [0.4, 0.5) is 0 Å². The monoisotopic (exact) mass is 323 g/mol. The van der Waals surface area contributed by atoms with Crippen LogP contribution in [0.5, 0.6) is 0 Å². The number of nitrogens with one attached hydrogen (secondary N) is 1. The normalized spacial score (nSPS) is 12.8. The summed E-state index contributed by atoms with van der Waals surface area (Å²) in [7, 11) is 0. The van der Waals surface area contributed by atoms with Crippen LogP contribution in [0.15, 0.2) is 42.5 Å². The van der Waals surface area contributed by atoms with Gasteiger partial charge in [-0.3, -0.25) is 4.79 Å².